The molecule has 12 heavy (non-hydrogen) atoms. The molecular weight excluding hydrogens is 212 g/mol. The number of benzene rings is 1. The van der Waals surface area contributed by atoms with Gasteiger partial charge in [0.2, 0.25) is 0 Å². The van der Waals surface area contributed by atoms with E-state index in [1.165, 1.54) is 0 Å². The Balaban J connectivity index is 2.93. The summed E-state index contributed by atoms with van der Waals surface area (Å²) in [6, 6.07) is 7.93. The molecule has 0 saturated carbocycles. The molecule has 0 aliphatic heterocycles. The van der Waals surface area contributed by atoms with E-state index >= 15 is 0 Å². The van der Waals surface area contributed by atoms with Crippen LogP contribution in [0.25, 0.3) is 0 Å². The Hall–Kier alpha value is -0.128. The van der Waals surface area contributed by atoms with Crippen molar-refractivity contribution in [2.75, 3.05) is 7.11 Å². The number of methoxy groups -OCH3 is 1. The molecule has 0 radical (unpaired) electrons. The first-order valence-corrected chi connectivity index (χ1v) is 4.68. The van der Waals surface area contributed by atoms with Crippen molar-refractivity contribution in [2.24, 2.45) is 0 Å². The molecule has 0 atom stereocenters. The average molecular weight is 221 g/mol. The number of hydrogen-bond donors (Lipinski definition) is 0. The first-order valence-electron chi connectivity index (χ1n) is 3.51. The van der Waals surface area contributed by atoms with Crippen molar-refractivity contribution < 1.29 is 20.6 Å². The van der Waals surface area contributed by atoms with Crippen LogP contribution < -0.4 is 0 Å². The predicted molar refractivity (Wildman–Crippen MR) is 47.1 cm³/mol. The van der Waals surface area contributed by atoms with Gasteiger partial charge in [-0.25, -0.2) is 0 Å². The van der Waals surface area contributed by atoms with Crippen LogP contribution in [0.5, 0.6) is 0 Å². The van der Waals surface area contributed by atoms with Gasteiger partial charge in [0.25, 0.3) is 0 Å². The third-order valence-corrected chi connectivity index (χ3v) is 2.44. The molecule has 0 aliphatic carbocycles. The monoisotopic (exact) mass is 220 g/mol. The van der Waals surface area contributed by atoms with Crippen LogP contribution in [0.4, 0.5) is 0 Å². The van der Waals surface area contributed by atoms with Crippen LogP contribution in [0, 0.1) is 0 Å². The summed E-state index contributed by atoms with van der Waals surface area (Å²) >= 11 is 8.53. The Morgan fingerprint density at radius 1 is 1.58 bits per heavy atom. The van der Waals surface area contributed by atoms with Gasteiger partial charge in [-0.15, -0.1) is 0 Å². The van der Waals surface area contributed by atoms with Gasteiger partial charge >= 0.3 is 85.1 Å². The minimum absolute atomic E-state index is 0.533. The van der Waals surface area contributed by atoms with Crippen LogP contribution in [0.15, 0.2) is 24.3 Å². The van der Waals surface area contributed by atoms with Gasteiger partial charge in [0.05, 0.1) is 0 Å². The number of alkyl halides is 1. The number of ether oxygens (including phenoxy) is 1. The predicted octanol–water partition coefficient (Wildman–Crippen LogP) is 2.10. The molecule has 0 N–H and O–H groups in total. The number of rotatable bonds is 3. The molecule has 1 rings (SSSR count). The van der Waals surface area contributed by atoms with Crippen molar-refractivity contribution in [2.45, 2.75) is 5.88 Å². The molecule has 64 valence electrons. The first kappa shape index (κ1) is 9.96. The zero-order valence-electron chi connectivity index (χ0n) is 6.71. The number of hydrogen-bond acceptors (Lipinski definition) is 1. The Bertz CT molecular complexity index is 286. The van der Waals surface area contributed by atoms with Crippen LogP contribution in [-0.2, 0) is 26.5 Å². The first-order chi connectivity index (χ1) is 5.77. The van der Waals surface area contributed by atoms with E-state index in [1.54, 1.807) is 7.11 Å². The van der Waals surface area contributed by atoms with E-state index in [2.05, 4.69) is 15.9 Å². The molecule has 0 fully saturated rings. The minimum atomic E-state index is 0.533. The molecule has 0 amide bonds. The van der Waals surface area contributed by atoms with Gasteiger partial charge in [-0.05, 0) is 0 Å². The van der Waals surface area contributed by atoms with E-state index in [0.29, 0.717) is 5.88 Å². The van der Waals surface area contributed by atoms with Gasteiger partial charge in [-0.1, -0.05) is 0 Å². The average Bonchev–Trinajstić information content (AvgIpc) is 2.17. The molecule has 0 spiro atoms. The molecule has 0 aliphatic rings. The quantitative estimate of drug-likeness (QED) is 0.709. The van der Waals surface area contributed by atoms with E-state index in [-0.39, 0.29) is 0 Å². The summed E-state index contributed by atoms with van der Waals surface area (Å²) in [6.07, 6.45) is 0. The zero-order valence-corrected chi connectivity index (χ0v) is 8.74. The molecule has 0 aromatic heterocycles. The van der Waals surface area contributed by atoms with Crippen molar-refractivity contribution in [3.63, 3.8) is 0 Å². The van der Waals surface area contributed by atoms with Gasteiger partial charge in [0, 0.05) is 0 Å². The maximum atomic E-state index is 5.69. The summed E-state index contributed by atoms with van der Waals surface area (Å²) in [5, 5.41) is 0. The van der Waals surface area contributed by atoms with Crippen molar-refractivity contribution >= 4 is 16.2 Å². The van der Waals surface area contributed by atoms with Crippen LogP contribution in [-0.4, -0.2) is 11.7 Å². The van der Waals surface area contributed by atoms with E-state index in [0.717, 1.165) is 15.7 Å². The fraction of sp³-hybridized carbons (Fsp3) is 0.222. The van der Waals surface area contributed by atoms with Gasteiger partial charge in [-0.3, -0.25) is 0 Å². The van der Waals surface area contributed by atoms with Gasteiger partial charge in [0.1, 0.15) is 0 Å². The second kappa shape index (κ2) is 4.79. The Morgan fingerprint density at radius 3 is 2.92 bits per heavy atom. The molecular formula is C9H9ClCrO. The van der Waals surface area contributed by atoms with Crippen LogP contribution in [0.1, 0.15) is 11.1 Å². The van der Waals surface area contributed by atoms with Crippen molar-refractivity contribution in [3.05, 3.63) is 35.4 Å². The molecule has 1 aromatic rings. The van der Waals surface area contributed by atoms with Crippen LogP contribution in [0.3, 0.4) is 0 Å². The topological polar surface area (TPSA) is 9.23 Å². The number of halogens is 1. The molecule has 3 heteroatoms. The molecule has 0 unspecified atom stereocenters. The van der Waals surface area contributed by atoms with Gasteiger partial charge < -0.3 is 0 Å². The molecule has 1 nitrogen and oxygen atoms in total. The fourth-order valence-corrected chi connectivity index (χ4v) is 1.26. The molecule has 0 heterocycles. The Kier molecular flexibility index (Phi) is 3.98. The molecule has 0 saturated heterocycles. The SMILES string of the molecule is CO[C](=[Cr])c1cccc(CCl)c1. The van der Waals surface area contributed by atoms with Gasteiger partial charge in [0.15, 0.2) is 0 Å². The standard InChI is InChI=1S/C9H9ClO.Cr/c1-11-7-9-4-2-3-8(5-9)6-10;/h2-5H,6H2,1H3;. The van der Waals surface area contributed by atoms with Gasteiger partial charge in [-0.2, -0.15) is 0 Å². The molecule has 0 bridgehead atoms. The second-order valence-corrected chi connectivity index (χ2v) is 3.17. The third-order valence-electron chi connectivity index (χ3n) is 1.50. The summed E-state index contributed by atoms with van der Waals surface area (Å²) in [4.78, 5) is 0. The summed E-state index contributed by atoms with van der Waals surface area (Å²) in [5.74, 6) is 0.533. The zero-order chi connectivity index (χ0) is 8.97. The summed E-state index contributed by atoms with van der Waals surface area (Å²) in [5.41, 5.74) is 2.13. The molecule has 1 aromatic carbocycles. The van der Waals surface area contributed by atoms with E-state index in [9.17, 15) is 0 Å². The Labute approximate surface area is 85.3 Å². The third kappa shape index (κ3) is 2.43. The van der Waals surface area contributed by atoms with Crippen LogP contribution in [0.2, 0.25) is 0 Å². The second-order valence-electron chi connectivity index (χ2n) is 2.33. The Morgan fingerprint density at radius 2 is 2.33 bits per heavy atom. The van der Waals surface area contributed by atoms with E-state index in [4.69, 9.17) is 16.3 Å². The van der Waals surface area contributed by atoms with Crippen molar-refractivity contribution in [1.29, 1.82) is 0 Å². The van der Waals surface area contributed by atoms with Crippen molar-refractivity contribution in [1.82, 2.24) is 0 Å². The van der Waals surface area contributed by atoms with E-state index in [1.807, 2.05) is 24.3 Å². The summed E-state index contributed by atoms with van der Waals surface area (Å²) in [7, 11) is 1.64. The van der Waals surface area contributed by atoms with Crippen LogP contribution >= 0.6 is 11.6 Å². The normalized spacial score (nSPS) is 9.83. The fourth-order valence-electron chi connectivity index (χ4n) is 0.899. The summed E-state index contributed by atoms with van der Waals surface area (Å²) < 4.78 is 5.85. The summed E-state index contributed by atoms with van der Waals surface area (Å²) in [6.45, 7) is 0. The maximum absolute atomic E-state index is 5.69. The van der Waals surface area contributed by atoms with E-state index < -0.39 is 0 Å². The van der Waals surface area contributed by atoms with Crippen molar-refractivity contribution in [3.8, 4) is 0 Å².